The third-order valence-corrected chi connectivity index (χ3v) is 5.94. The fourth-order valence-corrected chi connectivity index (χ4v) is 4.32. The molecule has 0 atom stereocenters. The Morgan fingerprint density at radius 3 is 2.05 bits per heavy atom. The summed E-state index contributed by atoms with van der Waals surface area (Å²) < 4.78 is 0. The topological polar surface area (TPSA) is 9.72 Å². The van der Waals surface area contributed by atoms with Crippen LogP contribution in [0.4, 0.5) is 0 Å². The lowest BCUT2D eigenvalue weighted by atomic mass is 9.80. The Kier molecular flexibility index (Phi) is 5.00. The van der Waals surface area contributed by atoms with E-state index in [-0.39, 0.29) is 0 Å². The van der Waals surface area contributed by atoms with Gasteiger partial charge in [0.2, 0.25) is 0 Å². The Hall–Kier alpha value is -0.120. The number of piperazine rings is 1. The average Bonchev–Trinajstić information content (AvgIpc) is 2.46. The monoisotopic (exact) mass is 279 g/mol. The van der Waals surface area contributed by atoms with E-state index in [0.29, 0.717) is 0 Å². The van der Waals surface area contributed by atoms with Crippen molar-refractivity contribution in [3.8, 4) is 0 Å². The lowest BCUT2D eigenvalue weighted by Crippen LogP contribution is -2.54. The highest BCUT2D eigenvalue weighted by molar-refractivity contribution is 4.88. The summed E-state index contributed by atoms with van der Waals surface area (Å²) >= 11 is 0. The molecule has 0 spiro atoms. The highest BCUT2D eigenvalue weighted by Gasteiger charge is 2.32. The molecule has 2 saturated heterocycles. The van der Waals surface area contributed by atoms with Crippen LogP contribution in [0.3, 0.4) is 0 Å². The zero-order valence-corrected chi connectivity index (χ0v) is 13.6. The van der Waals surface area contributed by atoms with Crippen molar-refractivity contribution in [2.45, 2.75) is 45.6 Å². The van der Waals surface area contributed by atoms with E-state index in [1.54, 1.807) is 0 Å². The van der Waals surface area contributed by atoms with Crippen LogP contribution >= 0.6 is 0 Å². The predicted molar refractivity (Wildman–Crippen MR) is 85.0 cm³/mol. The molecule has 3 rings (SSSR count). The zero-order valence-electron chi connectivity index (χ0n) is 13.6. The molecule has 3 aliphatic rings. The standard InChI is InChI=1S/C17H33N3/c1-3-18-6-4-16(5-7-18)14-19-8-10-20(11-9-19)17-12-15(2)13-17/h15-17H,3-14H2,1-2H3. The molecule has 0 unspecified atom stereocenters. The quantitative estimate of drug-likeness (QED) is 0.780. The van der Waals surface area contributed by atoms with Crippen molar-refractivity contribution in [2.75, 3.05) is 52.4 Å². The average molecular weight is 279 g/mol. The number of rotatable bonds is 4. The molecule has 0 amide bonds. The molecule has 20 heavy (non-hydrogen) atoms. The van der Waals surface area contributed by atoms with E-state index in [4.69, 9.17) is 0 Å². The molecular weight excluding hydrogens is 246 g/mol. The van der Waals surface area contributed by atoms with Gasteiger partial charge in [-0.25, -0.2) is 0 Å². The van der Waals surface area contributed by atoms with E-state index in [1.807, 2.05) is 0 Å². The van der Waals surface area contributed by atoms with E-state index in [2.05, 4.69) is 28.5 Å². The molecule has 2 aliphatic heterocycles. The van der Waals surface area contributed by atoms with Crippen molar-refractivity contribution in [2.24, 2.45) is 11.8 Å². The van der Waals surface area contributed by atoms with Crippen molar-refractivity contribution in [3.63, 3.8) is 0 Å². The molecular formula is C17H33N3. The van der Waals surface area contributed by atoms with Gasteiger partial charge in [-0.05, 0) is 57.2 Å². The molecule has 3 fully saturated rings. The van der Waals surface area contributed by atoms with E-state index in [0.717, 1.165) is 17.9 Å². The number of hydrogen-bond donors (Lipinski definition) is 0. The zero-order chi connectivity index (χ0) is 13.9. The smallest absolute Gasteiger partial charge is 0.0113 e. The summed E-state index contributed by atoms with van der Waals surface area (Å²) in [6.45, 7) is 15.3. The lowest BCUT2D eigenvalue weighted by Gasteiger charge is -2.46. The van der Waals surface area contributed by atoms with Crippen LogP contribution in [0.1, 0.15) is 39.5 Å². The number of nitrogens with zero attached hydrogens (tertiary/aromatic N) is 3. The van der Waals surface area contributed by atoms with Gasteiger partial charge in [0.25, 0.3) is 0 Å². The second-order valence-electron chi connectivity index (χ2n) is 7.44. The van der Waals surface area contributed by atoms with Gasteiger partial charge in [0.15, 0.2) is 0 Å². The minimum atomic E-state index is 0.931. The van der Waals surface area contributed by atoms with E-state index < -0.39 is 0 Å². The van der Waals surface area contributed by atoms with E-state index in [9.17, 15) is 0 Å². The van der Waals surface area contributed by atoms with Gasteiger partial charge in [-0.3, -0.25) is 4.90 Å². The first-order chi connectivity index (χ1) is 9.74. The van der Waals surface area contributed by atoms with Crippen LogP contribution in [0.5, 0.6) is 0 Å². The summed E-state index contributed by atoms with van der Waals surface area (Å²) in [5.74, 6) is 1.95. The van der Waals surface area contributed by atoms with Crippen LogP contribution < -0.4 is 0 Å². The van der Waals surface area contributed by atoms with Crippen LogP contribution in [-0.4, -0.2) is 73.1 Å². The van der Waals surface area contributed by atoms with Crippen molar-refractivity contribution < 1.29 is 0 Å². The summed E-state index contributed by atoms with van der Waals surface area (Å²) in [5.41, 5.74) is 0. The fourth-order valence-electron chi connectivity index (χ4n) is 4.32. The first kappa shape index (κ1) is 14.8. The van der Waals surface area contributed by atoms with E-state index in [1.165, 1.54) is 78.0 Å². The normalized spacial score (nSPS) is 35.1. The van der Waals surface area contributed by atoms with Crippen molar-refractivity contribution >= 4 is 0 Å². The fraction of sp³-hybridized carbons (Fsp3) is 1.00. The molecule has 0 radical (unpaired) electrons. The van der Waals surface area contributed by atoms with Gasteiger partial charge in [0.1, 0.15) is 0 Å². The van der Waals surface area contributed by atoms with Crippen molar-refractivity contribution in [3.05, 3.63) is 0 Å². The maximum Gasteiger partial charge on any atom is 0.0113 e. The molecule has 1 saturated carbocycles. The van der Waals surface area contributed by atoms with Gasteiger partial charge in [-0.15, -0.1) is 0 Å². The minimum Gasteiger partial charge on any atom is -0.304 e. The summed E-state index contributed by atoms with van der Waals surface area (Å²) in [4.78, 5) is 8.10. The van der Waals surface area contributed by atoms with Gasteiger partial charge in [-0.2, -0.15) is 0 Å². The largest absolute Gasteiger partial charge is 0.304 e. The summed E-state index contributed by atoms with van der Waals surface area (Å²) in [7, 11) is 0. The lowest BCUT2D eigenvalue weighted by molar-refractivity contribution is 0.0293. The summed E-state index contributed by atoms with van der Waals surface area (Å²) in [6.07, 6.45) is 5.76. The Morgan fingerprint density at radius 2 is 1.50 bits per heavy atom. The second-order valence-corrected chi connectivity index (χ2v) is 7.44. The Morgan fingerprint density at radius 1 is 0.850 bits per heavy atom. The Bertz CT molecular complexity index is 285. The molecule has 2 heterocycles. The third-order valence-electron chi connectivity index (χ3n) is 5.94. The highest BCUT2D eigenvalue weighted by Crippen LogP contribution is 2.31. The Balaban J connectivity index is 1.34. The Labute approximate surface area is 125 Å². The molecule has 0 N–H and O–H groups in total. The predicted octanol–water partition coefficient (Wildman–Crippen LogP) is 2.13. The van der Waals surface area contributed by atoms with Gasteiger partial charge < -0.3 is 9.80 Å². The van der Waals surface area contributed by atoms with Crippen LogP contribution in [0.2, 0.25) is 0 Å². The molecule has 3 heteroatoms. The molecule has 0 bridgehead atoms. The third kappa shape index (κ3) is 3.55. The highest BCUT2D eigenvalue weighted by atomic mass is 15.3. The number of hydrogen-bond acceptors (Lipinski definition) is 3. The van der Waals surface area contributed by atoms with Gasteiger partial charge in [0, 0.05) is 38.8 Å². The molecule has 1 aliphatic carbocycles. The molecule has 116 valence electrons. The SMILES string of the molecule is CCN1CCC(CN2CCN(C3CC(C)C3)CC2)CC1. The number of piperidine rings is 1. The van der Waals surface area contributed by atoms with Crippen molar-refractivity contribution in [1.29, 1.82) is 0 Å². The second kappa shape index (κ2) is 6.76. The van der Waals surface area contributed by atoms with Gasteiger partial charge in [-0.1, -0.05) is 13.8 Å². The minimum absolute atomic E-state index is 0.931. The van der Waals surface area contributed by atoms with Gasteiger partial charge >= 0.3 is 0 Å². The summed E-state index contributed by atoms with van der Waals surface area (Å²) in [5, 5.41) is 0. The maximum atomic E-state index is 2.76. The van der Waals surface area contributed by atoms with Crippen LogP contribution in [0, 0.1) is 11.8 Å². The van der Waals surface area contributed by atoms with Crippen LogP contribution in [0.15, 0.2) is 0 Å². The number of likely N-dealkylation sites (tertiary alicyclic amines) is 1. The molecule has 0 aromatic rings. The first-order valence-electron chi connectivity index (χ1n) is 8.93. The van der Waals surface area contributed by atoms with Crippen LogP contribution in [0.25, 0.3) is 0 Å². The maximum absolute atomic E-state index is 2.76. The van der Waals surface area contributed by atoms with Crippen LogP contribution in [-0.2, 0) is 0 Å². The molecule has 0 aromatic heterocycles. The van der Waals surface area contributed by atoms with Gasteiger partial charge in [0.05, 0.1) is 0 Å². The summed E-state index contributed by atoms with van der Waals surface area (Å²) in [6, 6.07) is 0.931. The first-order valence-corrected chi connectivity index (χ1v) is 8.93. The molecule has 3 nitrogen and oxygen atoms in total. The molecule has 0 aromatic carbocycles. The van der Waals surface area contributed by atoms with E-state index >= 15 is 0 Å². The van der Waals surface area contributed by atoms with Crippen molar-refractivity contribution in [1.82, 2.24) is 14.7 Å².